The molecule has 0 aliphatic carbocycles. The zero-order chi connectivity index (χ0) is 23.7. The Balaban J connectivity index is 1.60. The fraction of sp³-hybridized carbons (Fsp3) is 0.407. The van der Waals surface area contributed by atoms with Gasteiger partial charge in [0.05, 0.1) is 0 Å². The van der Waals surface area contributed by atoms with Gasteiger partial charge in [0.15, 0.2) is 0 Å². The molecule has 33 heavy (non-hydrogen) atoms. The van der Waals surface area contributed by atoms with Crippen LogP contribution in [-0.4, -0.2) is 50.6 Å². The van der Waals surface area contributed by atoms with Gasteiger partial charge in [0.1, 0.15) is 0 Å². The molecule has 0 spiro atoms. The van der Waals surface area contributed by atoms with Gasteiger partial charge in [-0.05, 0) is 0 Å². The second-order valence-electron chi connectivity index (χ2n) is 9.15. The van der Waals surface area contributed by atoms with Crippen LogP contribution in [0, 0.1) is 5.92 Å². The zero-order valence-electron chi connectivity index (χ0n) is 19.6. The van der Waals surface area contributed by atoms with E-state index in [-0.39, 0.29) is 38.4 Å². The van der Waals surface area contributed by atoms with Crippen LogP contribution in [0.3, 0.4) is 0 Å². The first-order chi connectivity index (χ1) is 15.8. The Morgan fingerprint density at radius 2 is 1.64 bits per heavy atom. The summed E-state index contributed by atoms with van der Waals surface area (Å²) in [7, 11) is 0. The van der Waals surface area contributed by atoms with E-state index in [0.717, 1.165) is 18.4 Å². The van der Waals surface area contributed by atoms with Crippen LogP contribution in [0.2, 0.25) is 4.82 Å². The third-order valence-electron chi connectivity index (χ3n) is 5.32. The zero-order valence-corrected chi connectivity index (χ0v) is 21.3. The monoisotopic (exact) mass is 515 g/mol. The van der Waals surface area contributed by atoms with Crippen molar-refractivity contribution in [3.63, 3.8) is 0 Å². The van der Waals surface area contributed by atoms with Crippen LogP contribution in [0.1, 0.15) is 39.2 Å². The van der Waals surface area contributed by atoms with Crippen LogP contribution in [-0.2, 0) is 20.9 Å². The molecule has 0 saturated carbocycles. The van der Waals surface area contributed by atoms with Crippen LogP contribution < -0.4 is 4.46 Å². The van der Waals surface area contributed by atoms with Crippen LogP contribution in [0.25, 0.3) is 0 Å². The van der Waals surface area contributed by atoms with Crippen molar-refractivity contribution in [2.24, 2.45) is 5.92 Å². The average molecular weight is 515 g/mol. The number of esters is 1. The minimum atomic E-state index is -0.490. The fourth-order valence-corrected chi connectivity index (χ4v) is 6.26. The third-order valence-corrected chi connectivity index (χ3v) is 8.17. The molecule has 1 atom stereocenters. The summed E-state index contributed by atoms with van der Waals surface area (Å²) < 4.78 is 12.2. The Morgan fingerprint density at radius 1 is 1.03 bits per heavy atom. The van der Waals surface area contributed by atoms with E-state index in [0.29, 0.717) is 19.0 Å². The first kappa shape index (κ1) is 25.1. The van der Waals surface area contributed by atoms with Crippen molar-refractivity contribution in [3.05, 3.63) is 78.4 Å². The number of amides is 1. The molecule has 6 heteroatoms. The summed E-state index contributed by atoms with van der Waals surface area (Å²) in [4.78, 5) is 26.8. The molecule has 0 bridgehead atoms. The van der Waals surface area contributed by atoms with Crippen LogP contribution >= 0.6 is 0 Å². The number of ether oxygens (including phenoxy) is 2. The molecule has 1 amide bonds. The number of benzene rings is 2. The quantitative estimate of drug-likeness (QED) is 0.304. The SMILES string of the molecule is CC(C)(C)OC(=O)N1CCC([C@H](/C=C/C(=O)OCc2ccccc2)[Se]c2ccccc2)CC1. The van der Waals surface area contributed by atoms with E-state index in [4.69, 9.17) is 9.47 Å². The van der Waals surface area contributed by atoms with Crippen molar-refractivity contribution in [1.29, 1.82) is 0 Å². The Bertz CT molecular complexity index is 916. The maximum absolute atomic E-state index is 12.4. The van der Waals surface area contributed by atoms with Crippen molar-refractivity contribution in [3.8, 4) is 0 Å². The van der Waals surface area contributed by atoms with Crippen LogP contribution in [0.5, 0.6) is 0 Å². The first-order valence-corrected chi connectivity index (χ1v) is 13.2. The van der Waals surface area contributed by atoms with Crippen molar-refractivity contribution in [2.75, 3.05) is 13.1 Å². The molecule has 2 aromatic rings. The molecule has 1 heterocycles. The van der Waals surface area contributed by atoms with E-state index in [2.05, 4.69) is 24.3 Å². The number of carbonyl (C=O) groups is 2. The maximum atomic E-state index is 12.4. The molecule has 1 fully saturated rings. The summed E-state index contributed by atoms with van der Waals surface area (Å²) in [6, 6.07) is 20.1. The molecular formula is C27H33NO4Se. The summed E-state index contributed by atoms with van der Waals surface area (Å²) in [5.74, 6) is 0.0842. The van der Waals surface area contributed by atoms with Gasteiger partial charge in [-0.25, -0.2) is 0 Å². The molecule has 0 aromatic heterocycles. The number of carbonyl (C=O) groups excluding carboxylic acids is 2. The molecule has 5 nitrogen and oxygen atoms in total. The predicted octanol–water partition coefficient (Wildman–Crippen LogP) is 4.75. The Hall–Kier alpha value is -2.56. The van der Waals surface area contributed by atoms with E-state index < -0.39 is 5.60 Å². The van der Waals surface area contributed by atoms with Crippen molar-refractivity contribution >= 4 is 31.5 Å². The fourth-order valence-electron chi connectivity index (χ4n) is 3.64. The molecule has 1 aliphatic heterocycles. The number of rotatable bonds is 7. The standard InChI is InChI=1S/C27H33NO4Se/c1-27(2,3)32-26(30)28-18-16-22(17-19-28)24(33-23-12-8-5-9-13-23)14-15-25(29)31-20-21-10-6-4-7-11-21/h4-15,22,24H,16-20H2,1-3H3/b15-14+/t24-/m0/s1. The molecule has 0 unspecified atom stereocenters. The first-order valence-electron chi connectivity index (χ1n) is 11.4. The molecule has 0 radical (unpaired) electrons. The van der Waals surface area contributed by atoms with Gasteiger partial charge in [0, 0.05) is 0 Å². The number of nitrogens with zero attached hydrogens (tertiary/aromatic N) is 1. The number of hydrogen-bond acceptors (Lipinski definition) is 4. The molecular weight excluding hydrogens is 481 g/mol. The van der Waals surface area contributed by atoms with Gasteiger partial charge in [-0.1, -0.05) is 0 Å². The average Bonchev–Trinajstić information content (AvgIpc) is 2.81. The third kappa shape index (κ3) is 8.71. The van der Waals surface area contributed by atoms with Crippen molar-refractivity contribution < 1.29 is 19.1 Å². The van der Waals surface area contributed by atoms with Gasteiger partial charge in [-0.15, -0.1) is 0 Å². The normalized spacial score (nSPS) is 15.9. The number of allylic oxidation sites excluding steroid dienone is 1. The van der Waals surface area contributed by atoms with Crippen LogP contribution in [0.15, 0.2) is 72.8 Å². The molecule has 0 N–H and O–H groups in total. The van der Waals surface area contributed by atoms with E-state index in [1.54, 1.807) is 11.0 Å². The van der Waals surface area contributed by atoms with Gasteiger partial charge in [0.2, 0.25) is 0 Å². The topological polar surface area (TPSA) is 55.8 Å². The predicted molar refractivity (Wildman–Crippen MR) is 131 cm³/mol. The van der Waals surface area contributed by atoms with E-state index in [1.807, 2.05) is 63.2 Å². The van der Waals surface area contributed by atoms with Crippen LogP contribution in [0.4, 0.5) is 4.79 Å². The van der Waals surface area contributed by atoms with Gasteiger partial charge in [-0.3, -0.25) is 0 Å². The Labute approximate surface area is 203 Å². The van der Waals surface area contributed by atoms with Crippen molar-refractivity contribution in [1.82, 2.24) is 4.90 Å². The van der Waals surface area contributed by atoms with E-state index in [9.17, 15) is 9.59 Å². The molecule has 3 rings (SSSR count). The molecule has 2 aromatic carbocycles. The molecule has 1 aliphatic rings. The van der Waals surface area contributed by atoms with Gasteiger partial charge in [0.25, 0.3) is 0 Å². The number of likely N-dealkylation sites (tertiary alicyclic amines) is 1. The van der Waals surface area contributed by atoms with E-state index in [1.165, 1.54) is 4.46 Å². The van der Waals surface area contributed by atoms with Gasteiger partial charge >= 0.3 is 203 Å². The second-order valence-corrected chi connectivity index (χ2v) is 11.8. The minimum absolute atomic E-state index is 0.177. The summed E-state index contributed by atoms with van der Waals surface area (Å²) in [6.45, 7) is 7.28. The summed E-state index contributed by atoms with van der Waals surface area (Å²) >= 11 is 0.177. The van der Waals surface area contributed by atoms with E-state index >= 15 is 0 Å². The molecule has 176 valence electrons. The van der Waals surface area contributed by atoms with Crippen molar-refractivity contribution in [2.45, 2.75) is 50.6 Å². The van der Waals surface area contributed by atoms with Gasteiger partial charge in [-0.2, -0.15) is 0 Å². The summed E-state index contributed by atoms with van der Waals surface area (Å²) in [6.07, 6.45) is 5.14. The summed E-state index contributed by atoms with van der Waals surface area (Å²) in [5, 5.41) is 0. The molecule has 1 saturated heterocycles. The Kier molecular flexibility index (Phi) is 9.16. The van der Waals surface area contributed by atoms with Gasteiger partial charge < -0.3 is 0 Å². The number of hydrogen-bond donors (Lipinski definition) is 0. The Morgan fingerprint density at radius 3 is 2.24 bits per heavy atom. The second kappa shape index (κ2) is 12.1. The summed E-state index contributed by atoms with van der Waals surface area (Å²) in [5.41, 5.74) is 0.481. The number of piperidine rings is 1.